The van der Waals surface area contributed by atoms with E-state index in [9.17, 15) is 13.2 Å². The SMILES string of the molecule is CCOC(=O)CCCNS(=O)(=O)c1cccc(C)c1. The largest absolute Gasteiger partial charge is 0.466 e. The zero-order valence-corrected chi connectivity index (χ0v) is 12.0. The Hall–Kier alpha value is -1.40. The Labute approximate surface area is 114 Å². The number of benzene rings is 1. The third-order valence-electron chi connectivity index (χ3n) is 2.45. The summed E-state index contributed by atoms with van der Waals surface area (Å²) in [7, 11) is -3.50. The normalized spacial score (nSPS) is 11.3. The summed E-state index contributed by atoms with van der Waals surface area (Å²) in [5, 5.41) is 0. The molecule has 0 saturated heterocycles. The lowest BCUT2D eigenvalue weighted by molar-refractivity contribution is -0.143. The molecule has 0 aliphatic carbocycles. The van der Waals surface area contributed by atoms with Crippen LogP contribution < -0.4 is 4.72 Å². The summed E-state index contributed by atoms with van der Waals surface area (Å²) in [5.74, 6) is -0.308. The molecular weight excluding hydrogens is 266 g/mol. The number of esters is 1. The van der Waals surface area contributed by atoms with Crippen LogP contribution in [0.3, 0.4) is 0 Å². The Balaban J connectivity index is 2.46. The highest BCUT2D eigenvalue weighted by Crippen LogP contribution is 2.10. The predicted octanol–water partition coefficient (Wildman–Crippen LogP) is 1.62. The Morgan fingerprint density at radius 1 is 1.37 bits per heavy atom. The average molecular weight is 285 g/mol. The fourth-order valence-electron chi connectivity index (χ4n) is 1.54. The second-order valence-corrected chi connectivity index (χ2v) is 5.89. The number of rotatable bonds is 7. The number of hydrogen-bond acceptors (Lipinski definition) is 4. The molecule has 19 heavy (non-hydrogen) atoms. The minimum absolute atomic E-state index is 0.212. The third-order valence-corrected chi connectivity index (χ3v) is 3.91. The monoisotopic (exact) mass is 285 g/mol. The minimum Gasteiger partial charge on any atom is -0.466 e. The molecule has 1 N–H and O–H groups in total. The number of nitrogens with one attached hydrogen (secondary N) is 1. The number of carbonyl (C=O) groups excluding carboxylic acids is 1. The summed E-state index contributed by atoms with van der Waals surface area (Å²) in [6.07, 6.45) is 0.633. The second kappa shape index (κ2) is 7.25. The second-order valence-electron chi connectivity index (χ2n) is 4.12. The van der Waals surface area contributed by atoms with E-state index in [2.05, 4.69) is 4.72 Å². The first kappa shape index (κ1) is 15.7. The lowest BCUT2D eigenvalue weighted by Crippen LogP contribution is -2.25. The average Bonchev–Trinajstić information content (AvgIpc) is 2.35. The lowest BCUT2D eigenvalue weighted by atomic mass is 10.2. The van der Waals surface area contributed by atoms with E-state index in [-0.39, 0.29) is 23.8 Å². The van der Waals surface area contributed by atoms with Crippen LogP contribution in [0, 0.1) is 6.92 Å². The summed E-state index contributed by atoms with van der Waals surface area (Å²) in [6.45, 7) is 4.13. The third kappa shape index (κ3) is 5.40. The van der Waals surface area contributed by atoms with Gasteiger partial charge in [-0.25, -0.2) is 13.1 Å². The molecule has 1 aromatic rings. The molecule has 0 bridgehead atoms. The summed E-state index contributed by atoms with van der Waals surface area (Å²) in [6, 6.07) is 6.68. The number of carbonyl (C=O) groups is 1. The van der Waals surface area contributed by atoms with E-state index in [1.807, 2.05) is 13.0 Å². The maximum atomic E-state index is 11.9. The van der Waals surface area contributed by atoms with E-state index in [4.69, 9.17) is 4.74 Å². The van der Waals surface area contributed by atoms with Crippen molar-refractivity contribution in [3.63, 3.8) is 0 Å². The van der Waals surface area contributed by atoms with Gasteiger partial charge in [0.25, 0.3) is 0 Å². The maximum absolute atomic E-state index is 11.9. The van der Waals surface area contributed by atoms with Crippen molar-refractivity contribution in [3.05, 3.63) is 29.8 Å². The molecule has 5 nitrogen and oxygen atoms in total. The highest BCUT2D eigenvalue weighted by Gasteiger charge is 2.13. The molecule has 0 aliphatic rings. The molecular formula is C13H19NO4S. The van der Waals surface area contributed by atoms with Crippen LogP contribution in [0.25, 0.3) is 0 Å². The van der Waals surface area contributed by atoms with Crippen molar-refractivity contribution in [2.75, 3.05) is 13.2 Å². The lowest BCUT2D eigenvalue weighted by Gasteiger charge is -2.07. The molecule has 0 aliphatic heterocycles. The van der Waals surface area contributed by atoms with Gasteiger partial charge in [0.1, 0.15) is 0 Å². The smallest absolute Gasteiger partial charge is 0.305 e. The molecule has 1 rings (SSSR count). The highest BCUT2D eigenvalue weighted by molar-refractivity contribution is 7.89. The van der Waals surface area contributed by atoms with Crippen molar-refractivity contribution in [2.45, 2.75) is 31.6 Å². The molecule has 0 heterocycles. The van der Waals surface area contributed by atoms with Gasteiger partial charge in [0.2, 0.25) is 10.0 Å². The summed E-state index contributed by atoms with van der Waals surface area (Å²) in [5.41, 5.74) is 0.884. The van der Waals surface area contributed by atoms with Crippen molar-refractivity contribution >= 4 is 16.0 Å². The molecule has 0 amide bonds. The van der Waals surface area contributed by atoms with Crippen LogP contribution in [0.1, 0.15) is 25.3 Å². The first-order chi connectivity index (χ1) is 8.95. The first-order valence-corrected chi connectivity index (χ1v) is 7.66. The molecule has 106 valence electrons. The van der Waals surface area contributed by atoms with Gasteiger partial charge in [-0.3, -0.25) is 4.79 Å². The van der Waals surface area contributed by atoms with Gasteiger partial charge < -0.3 is 4.74 Å². The fraction of sp³-hybridized carbons (Fsp3) is 0.462. The summed E-state index contributed by atoms with van der Waals surface area (Å²) < 4.78 is 31.1. The molecule has 6 heteroatoms. The minimum atomic E-state index is -3.50. The fourth-order valence-corrected chi connectivity index (χ4v) is 2.72. The molecule has 1 aromatic carbocycles. The van der Waals surface area contributed by atoms with Gasteiger partial charge in [0.15, 0.2) is 0 Å². The quantitative estimate of drug-likeness (QED) is 0.610. The van der Waals surface area contributed by atoms with E-state index in [1.165, 1.54) is 0 Å². The van der Waals surface area contributed by atoms with Gasteiger partial charge >= 0.3 is 5.97 Å². The van der Waals surface area contributed by atoms with Crippen LogP contribution in [-0.4, -0.2) is 27.5 Å². The van der Waals surface area contributed by atoms with Crippen molar-refractivity contribution in [1.82, 2.24) is 4.72 Å². The standard InChI is InChI=1S/C13H19NO4S/c1-3-18-13(15)8-5-9-14-19(16,17)12-7-4-6-11(2)10-12/h4,6-7,10,14H,3,5,8-9H2,1-2H3. The van der Waals surface area contributed by atoms with Crippen molar-refractivity contribution in [3.8, 4) is 0 Å². The van der Waals surface area contributed by atoms with Crippen LogP contribution in [0.15, 0.2) is 29.2 Å². The number of ether oxygens (including phenoxy) is 1. The molecule has 0 saturated carbocycles. The van der Waals surface area contributed by atoms with Crippen molar-refractivity contribution < 1.29 is 17.9 Å². The molecule has 0 spiro atoms. The summed E-state index contributed by atoms with van der Waals surface area (Å²) >= 11 is 0. The van der Waals surface area contributed by atoms with Crippen LogP contribution in [0.5, 0.6) is 0 Å². The van der Waals surface area contributed by atoms with E-state index < -0.39 is 10.0 Å². The molecule has 0 radical (unpaired) electrons. The van der Waals surface area contributed by atoms with Crippen molar-refractivity contribution in [1.29, 1.82) is 0 Å². The Morgan fingerprint density at radius 2 is 2.11 bits per heavy atom. The Morgan fingerprint density at radius 3 is 2.74 bits per heavy atom. The maximum Gasteiger partial charge on any atom is 0.305 e. The Kier molecular flexibility index (Phi) is 5.98. The van der Waals surface area contributed by atoms with Gasteiger partial charge in [-0.05, 0) is 38.0 Å². The van der Waals surface area contributed by atoms with Gasteiger partial charge in [0, 0.05) is 13.0 Å². The molecule has 0 aromatic heterocycles. The van der Waals surface area contributed by atoms with E-state index in [0.717, 1.165) is 5.56 Å². The van der Waals surface area contributed by atoms with Crippen LogP contribution in [0.4, 0.5) is 0 Å². The summed E-state index contributed by atoms with van der Waals surface area (Å²) in [4.78, 5) is 11.3. The van der Waals surface area contributed by atoms with Crippen LogP contribution >= 0.6 is 0 Å². The number of hydrogen-bond donors (Lipinski definition) is 1. The number of aryl methyl sites for hydroxylation is 1. The van der Waals surface area contributed by atoms with Crippen LogP contribution in [-0.2, 0) is 19.6 Å². The Bertz CT molecular complexity index is 525. The van der Waals surface area contributed by atoms with Gasteiger partial charge in [0.05, 0.1) is 11.5 Å². The van der Waals surface area contributed by atoms with Gasteiger partial charge in [-0.15, -0.1) is 0 Å². The van der Waals surface area contributed by atoms with Crippen LogP contribution in [0.2, 0.25) is 0 Å². The topological polar surface area (TPSA) is 72.5 Å². The first-order valence-electron chi connectivity index (χ1n) is 6.17. The molecule has 0 atom stereocenters. The van der Waals surface area contributed by atoms with Crippen molar-refractivity contribution in [2.24, 2.45) is 0 Å². The highest BCUT2D eigenvalue weighted by atomic mass is 32.2. The molecule has 0 unspecified atom stereocenters. The predicted molar refractivity (Wildman–Crippen MR) is 72.2 cm³/mol. The van der Waals surface area contributed by atoms with E-state index >= 15 is 0 Å². The number of sulfonamides is 1. The van der Waals surface area contributed by atoms with E-state index in [0.29, 0.717) is 13.0 Å². The van der Waals surface area contributed by atoms with E-state index in [1.54, 1.807) is 25.1 Å². The molecule has 0 fully saturated rings. The zero-order chi connectivity index (χ0) is 14.3. The van der Waals surface area contributed by atoms with Gasteiger partial charge in [-0.2, -0.15) is 0 Å². The zero-order valence-electron chi connectivity index (χ0n) is 11.2. The van der Waals surface area contributed by atoms with Gasteiger partial charge in [-0.1, -0.05) is 12.1 Å².